The molecule has 1 atom stereocenters. The van der Waals surface area contributed by atoms with E-state index in [0.717, 1.165) is 0 Å². The highest BCUT2D eigenvalue weighted by Crippen LogP contribution is 1.89. The Morgan fingerprint density at radius 1 is 1.83 bits per heavy atom. The van der Waals surface area contributed by atoms with Crippen LogP contribution in [0, 0.1) is 0 Å². The van der Waals surface area contributed by atoms with Crippen LogP contribution in [0.25, 0.3) is 0 Å². The number of aliphatic imine (C=N–C) groups is 1. The molecule has 4 heteroatoms. The SMILES string of the molecule is SC1N=CNN1. The number of nitrogens with one attached hydrogen (secondary N) is 2. The molecule has 0 radical (unpaired) electrons. The second-order valence-corrected chi connectivity index (χ2v) is 1.43. The van der Waals surface area contributed by atoms with Crippen LogP contribution in [-0.2, 0) is 0 Å². The normalized spacial score (nSPS) is 30.5. The highest BCUT2D eigenvalue weighted by Gasteiger charge is 1.97. The molecule has 0 spiro atoms. The van der Waals surface area contributed by atoms with E-state index in [-0.39, 0.29) is 5.50 Å². The lowest BCUT2D eigenvalue weighted by molar-refractivity contribution is 0.695. The summed E-state index contributed by atoms with van der Waals surface area (Å²) in [4.78, 5) is 3.75. The third-order valence-electron chi connectivity index (χ3n) is 0.493. The Kier molecular flexibility index (Phi) is 0.979. The van der Waals surface area contributed by atoms with Gasteiger partial charge in [0.15, 0.2) is 5.50 Å². The van der Waals surface area contributed by atoms with E-state index in [0.29, 0.717) is 0 Å². The van der Waals surface area contributed by atoms with Gasteiger partial charge in [0.25, 0.3) is 0 Å². The molecule has 0 saturated carbocycles. The molecule has 0 bridgehead atoms. The van der Waals surface area contributed by atoms with Crippen LogP contribution in [-0.4, -0.2) is 11.8 Å². The zero-order valence-electron chi connectivity index (χ0n) is 3.05. The highest BCUT2D eigenvalue weighted by atomic mass is 32.1. The summed E-state index contributed by atoms with van der Waals surface area (Å²) >= 11 is 3.92. The first kappa shape index (κ1) is 3.95. The topological polar surface area (TPSA) is 36.4 Å². The van der Waals surface area contributed by atoms with Gasteiger partial charge in [0, 0.05) is 0 Å². The summed E-state index contributed by atoms with van der Waals surface area (Å²) in [5.74, 6) is 0. The van der Waals surface area contributed by atoms with Crippen LogP contribution >= 0.6 is 12.6 Å². The minimum absolute atomic E-state index is 0.0509. The monoisotopic (exact) mass is 103 g/mol. The maximum Gasteiger partial charge on any atom is 0.162 e. The standard InChI is InChI=1S/C2H5N3S/c6-2-3-1-4-5-2/h1-2,5-6H,(H,3,4). The fourth-order valence-electron chi connectivity index (χ4n) is 0.257. The van der Waals surface area contributed by atoms with Crippen LogP contribution in [0.2, 0.25) is 0 Å². The molecule has 1 aliphatic heterocycles. The van der Waals surface area contributed by atoms with Crippen LogP contribution in [0.5, 0.6) is 0 Å². The van der Waals surface area contributed by atoms with E-state index in [1.807, 2.05) is 0 Å². The van der Waals surface area contributed by atoms with Gasteiger partial charge in [0.1, 0.15) is 0 Å². The first-order valence-electron chi connectivity index (χ1n) is 1.60. The van der Waals surface area contributed by atoms with Gasteiger partial charge in [-0.3, -0.25) is 0 Å². The third-order valence-corrected chi connectivity index (χ3v) is 0.755. The molecule has 0 aromatic carbocycles. The number of hydrazine groups is 1. The van der Waals surface area contributed by atoms with Gasteiger partial charge in [-0.25, -0.2) is 10.4 Å². The first-order chi connectivity index (χ1) is 2.89. The lowest BCUT2D eigenvalue weighted by atomic mass is 11.2. The van der Waals surface area contributed by atoms with Crippen LogP contribution in [0.15, 0.2) is 4.99 Å². The van der Waals surface area contributed by atoms with Crippen molar-refractivity contribution < 1.29 is 0 Å². The zero-order valence-corrected chi connectivity index (χ0v) is 3.94. The number of rotatable bonds is 0. The molecule has 1 aliphatic rings. The molecule has 1 rings (SSSR count). The molecular formula is C2H5N3S. The van der Waals surface area contributed by atoms with E-state index in [1.54, 1.807) is 6.34 Å². The van der Waals surface area contributed by atoms with E-state index in [4.69, 9.17) is 0 Å². The molecule has 0 aliphatic carbocycles. The Morgan fingerprint density at radius 3 is 2.83 bits per heavy atom. The van der Waals surface area contributed by atoms with Crippen molar-refractivity contribution in [2.24, 2.45) is 4.99 Å². The maximum absolute atomic E-state index is 3.92. The van der Waals surface area contributed by atoms with Gasteiger partial charge < -0.3 is 5.43 Å². The van der Waals surface area contributed by atoms with Crippen molar-refractivity contribution in [1.29, 1.82) is 0 Å². The summed E-state index contributed by atoms with van der Waals surface area (Å²) < 4.78 is 0. The number of nitrogens with zero attached hydrogens (tertiary/aromatic N) is 1. The van der Waals surface area contributed by atoms with Crippen LogP contribution in [0.3, 0.4) is 0 Å². The lowest BCUT2D eigenvalue weighted by Crippen LogP contribution is -2.27. The van der Waals surface area contributed by atoms with Gasteiger partial charge in [-0.05, 0) is 0 Å². The minimum Gasteiger partial charge on any atom is -0.309 e. The van der Waals surface area contributed by atoms with Crippen molar-refractivity contribution in [2.45, 2.75) is 5.50 Å². The molecule has 1 unspecified atom stereocenters. The van der Waals surface area contributed by atoms with Gasteiger partial charge in [0.2, 0.25) is 0 Å². The van der Waals surface area contributed by atoms with Gasteiger partial charge in [-0.1, -0.05) is 0 Å². The average molecular weight is 103 g/mol. The smallest absolute Gasteiger partial charge is 0.162 e. The lowest BCUT2D eigenvalue weighted by Gasteiger charge is -1.92. The fraction of sp³-hybridized carbons (Fsp3) is 0.500. The molecule has 0 saturated heterocycles. The summed E-state index contributed by atoms with van der Waals surface area (Å²) in [7, 11) is 0. The average Bonchev–Trinajstić information content (AvgIpc) is 1.86. The number of hydrogen-bond acceptors (Lipinski definition) is 4. The Hall–Kier alpha value is -0.220. The Morgan fingerprint density at radius 2 is 2.67 bits per heavy atom. The van der Waals surface area contributed by atoms with Gasteiger partial charge in [-0.2, -0.15) is 0 Å². The van der Waals surface area contributed by atoms with Crippen molar-refractivity contribution in [2.75, 3.05) is 0 Å². The second kappa shape index (κ2) is 1.49. The minimum atomic E-state index is -0.0509. The second-order valence-electron chi connectivity index (χ2n) is 0.941. The number of hydrogen-bond donors (Lipinski definition) is 3. The third kappa shape index (κ3) is 0.636. The predicted molar refractivity (Wildman–Crippen MR) is 27.5 cm³/mol. The van der Waals surface area contributed by atoms with E-state index < -0.39 is 0 Å². The van der Waals surface area contributed by atoms with Crippen LogP contribution in [0.1, 0.15) is 0 Å². The molecule has 0 aromatic rings. The Bertz CT molecular complexity index is 71.2. The summed E-state index contributed by atoms with van der Waals surface area (Å²) in [5, 5.41) is 0. The first-order valence-corrected chi connectivity index (χ1v) is 2.12. The molecule has 34 valence electrons. The van der Waals surface area contributed by atoms with E-state index in [9.17, 15) is 0 Å². The van der Waals surface area contributed by atoms with Gasteiger partial charge in [-0.15, -0.1) is 12.6 Å². The molecule has 0 fully saturated rings. The molecule has 2 N–H and O–H groups in total. The number of thiol groups is 1. The molecule has 1 heterocycles. The molecule has 0 aromatic heterocycles. The van der Waals surface area contributed by atoms with Crippen molar-refractivity contribution >= 4 is 19.0 Å². The van der Waals surface area contributed by atoms with E-state index >= 15 is 0 Å². The molecular weight excluding hydrogens is 98.1 g/mol. The van der Waals surface area contributed by atoms with E-state index in [1.165, 1.54) is 0 Å². The van der Waals surface area contributed by atoms with Gasteiger partial charge >= 0.3 is 0 Å². The fourth-order valence-corrected chi connectivity index (χ4v) is 0.398. The van der Waals surface area contributed by atoms with E-state index in [2.05, 4.69) is 28.5 Å². The molecule has 3 nitrogen and oxygen atoms in total. The van der Waals surface area contributed by atoms with Crippen LogP contribution < -0.4 is 10.9 Å². The quantitative estimate of drug-likeness (QED) is 0.356. The molecule has 0 amide bonds. The Labute approximate surface area is 41.2 Å². The predicted octanol–water partition coefficient (Wildman–Crippen LogP) is -0.664. The summed E-state index contributed by atoms with van der Waals surface area (Å²) in [5.41, 5.74) is 5.31. The van der Waals surface area contributed by atoms with Crippen molar-refractivity contribution in [3.63, 3.8) is 0 Å². The zero-order chi connectivity index (χ0) is 4.41. The largest absolute Gasteiger partial charge is 0.309 e. The summed E-state index contributed by atoms with van der Waals surface area (Å²) in [6.45, 7) is 0. The van der Waals surface area contributed by atoms with Crippen molar-refractivity contribution in [1.82, 2.24) is 10.9 Å². The maximum atomic E-state index is 3.92. The summed E-state index contributed by atoms with van der Waals surface area (Å²) in [6.07, 6.45) is 1.57. The van der Waals surface area contributed by atoms with Crippen molar-refractivity contribution in [3.05, 3.63) is 0 Å². The van der Waals surface area contributed by atoms with Crippen LogP contribution in [0.4, 0.5) is 0 Å². The summed E-state index contributed by atoms with van der Waals surface area (Å²) in [6, 6.07) is 0. The van der Waals surface area contributed by atoms with Crippen molar-refractivity contribution in [3.8, 4) is 0 Å². The highest BCUT2D eigenvalue weighted by molar-refractivity contribution is 7.80. The Balaban J connectivity index is 2.38. The molecule has 6 heavy (non-hydrogen) atoms. The van der Waals surface area contributed by atoms with Gasteiger partial charge in [0.05, 0.1) is 6.34 Å².